The van der Waals surface area contributed by atoms with Gasteiger partial charge in [-0.3, -0.25) is 4.98 Å². The van der Waals surface area contributed by atoms with Gasteiger partial charge >= 0.3 is 0 Å². The number of hydrogen-bond donors (Lipinski definition) is 1. The van der Waals surface area contributed by atoms with Crippen LogP contribution in [0.4, 0.5) is 11.5 Å². The van der Waals surface area contributed by atoms with Crippen molar-refractivity contribution < 1.29 is 4.74 Å². The predicted octanol–water partition coefficient (Wildman–Crippen LogP) is 5.24. The van der Waals surface area contributed by atoms with Crippen LogP contribution in [0, 0.1) is 5.92 Å². The highest BCUT2D eigenvalue weighted by molar-refractivity contribution is 7.80. The quantitative estimate of drug-likeness (QED) is 0.375. The Morgan fingerprint density at radius 3 is 2.64 bits per heavy atom. The monoisotopic (exact) mass is 498 g/mol. The fourth-order valence-corrected chi connectivity index (χ4v) is 5.07. The summed E-state index contributed by atoms with van der Waals surface area (Å²) in [5, 5.41) is 14.4. The second-order valence-corrected chi connectivity index (χ2v) is 9.62. The molecule has 0 amide bonds. The van der Waals surface area contributed by atoms with E-state index in [-0.39, 0.29) is 6.04 Å². The van der Waals surface area contributed by atoms with Crippen molar-refractivity contribution >= 4 is 39.7 Å². The van der Waals surface area contributed by atoms with Gasteiger partial charge in [0.15, 0.2) is 10.9 Å². The molecule has 1 aliphatic heterocycles. The molecule has 36 heavy (non-hydrogen) atoms. The summed E-state index contributed by atoms with van der Waals surface area (Å²) in [6.07, 6.45) is 1.81. The average Bonchev–Trinajstić information content (AvgIpc) is 2.93. The molecule has 0 spiro atoms. The maximum absolute atomic E-state index is 5.90. The smallest absolute Gasteiger partial charge is 0.173 e. The van der Waals surface area contributed by atoms with E-state index in [0.29, 0.717) is 5.92 Å². The van der Waals surface area contributed by atoms with Crippen LogP contribution in [0.3, 0.4) is 0 Å². The number of hydrogen-bond acceptors (Lipinski definition) is 6. The molecule has 1 fully saturated rings. The molecule has 2 aromatic heterocycles. The van der Waals surface area contributed by atoms with Gasteiger partial charge in [0.1, 0.15) is 5.75 Å². The largest absolute Gasteiger partial charge is 0.496 e. The van der Waals surface area contributed by atoms with Crippen LogP contribution < -0.4 is 15.0 Å². The van der Waals surface area contributed by atoms with Crippen LogP contribution in [0.2, 0.25) is 0 Å². The number of pyridine rings is 1. The number of aromatic nitrogens is 3. The van der Waals surface area contributed by atoms with E-state index in [4.69, 9.17) is 17.0 Å². The molecule has 0 radical (unpaired) electrons. The summed E-state index contributed by atoms with van der Waals surface area (Å²) in [7, 11) is 1.67. The Hall–Kier alpha value is -3.78. The number of piperazine rings is 1. The minimum Gasteiger partial charge on any atom is -0.496 e. The number of rotatable bonds is 5. The van der Waals surface area contributed by atoms with Crippen molar-refractivity contribution in [1.82, 2.24) is 20.1 Å². The first-order valence-electron chi connectivity index (χ1n) is 12.2. The maximum Gasteiger partial charge on any atom is 0.173 e. The van der Waals surface area contributed by atoms with Gasteiger partial charge in [-0.15, -0.1) is 10.2 Å². The second kappa shape index (κ2) is 10.5. The number of benzene rings is 2. The summed E-state index contributed by atoms with van der Waals surface area (Å²) < 4.78 is 5.48. The Kier molecular flexibility index (Phi) is 6.95. The van der Waals surface area contributed by atoms with Crippen molar-refractivity contribution in [3.8, 4) is 17.0 Å². The second-order valence-electron chi connectivity index (χ2n) is 9.23. The van der Waals surface area contributed by atoms with Gasteiger partial charge < -0.3 is 19.9 Å². The molecule has 184 valence electrons. The topological polar surface area (TPSA) is 66.4 Å². The number of nitrogens with one attached hydrogen (secondary N) is 1. The summed E-state index contributed by atoms with van der Waals surface area (Å²) >= 11 is 5.90. The fourth-order valence-electron chi connectivity index (χ4n) is 4.73. The summed E-state index contributed by atoms with van der Waals surface area (Å²) in [5.41, 5.74) is 3.66. The number of nitrogens with zero attached hydrogens (tertiary/aromatic N) is 5. The van der Waals surface area contributed by atoms with Gasteiger partial charge in [0.05, 0.1) is 24.4 Å². The average molecular weight is 499 g/mol. The van der Waals surface area contributed by atoms with Crippen LogP contribution in [0.1, 0.15) is 13.8 Å². The predicted molar refractivity (Wildman–Crippen MR) is 150 cm³/mol. The van der Waals surface area contributed by atoms with E-state index in [1.165, 1.54) is 0 Å². The first kappa shape index (κ1) is 23.9. The molecule has 1 saturated heterocycles. The standard InChI is InChI=1S/C28H30N6OS/c1-19(2)25-18-33(27-14-13-24(31-32-27)21-8-4-5-12-26(21)35-3)16-17-34(25)28(36)30-23-11-6-10-22-20(23)9-7-15-29-22/h4-15,19,25H,16-18H2,1-3H3,(H,30,36). The normalized spacial score (nSPS) is 15.8. The van der Waals surface area contributed by atoms with Crippen LogP contribution in [-0.4, -0.2) is 58.0 Å². The lowest BCUT2D eigenvalue weighted by Gasteiger charge is -2.45. The van der Waals surface area contributed by atoms with Gasteiger partial charge in [0.25, 0.3) is 0 Å². The molecule has 7 nitrogen and oxygen atoms in total. The lowest BCUT2D eigenvalue weighted by molar-refractivity contribution is 0.227. The van der Waals surface area contributed by atoms with E-state index >= 15 is 0 Å². The third-order valence-corrected chi connectivity index (χ3v) is 7.03. The number of anilines is 2. The molecular formula is C28H30N6OS. The highest BCUT2D eigenvalue weighted by atomic mass is 32.1. The van der Waals surface area contributed by atoms with E-state index in [1.807, 2.05) is 60.8 Å². The maximum atomic E-state index is 5.90. The molecule has 1 unspecified atom stereocenters. The Morgan fingerprint density at radius 1 is 1.00 bits per heavy atom. The molecule has 4 aromatic rings. The van der Waals surface area contributed by atoms with Crippen LogP contribution in [-0.2, 0) is 0 Å². The van der Waals surface area contributed by atoms with Gasteiger partial charge in [0.2, 0.25) is 0 Å². The third kappa shape index (κ3) is 4.81. The minimum absolute atomic E-state index is 0.238. The van der Waals surface area contributed by atoms with Crippen molar-refractivity contribution in [2.75, 3.05) is 37.0 Å². The summed E-state index contributed by atoms with van der Waals surface area (Å²) in [4.78, 5) is 9.06. The molecule has 5 rings (SSSR count). The summed E-state index contributed by atoms with van der Waals surface area (Å²) in [6.45, 7) is 6.90. The zero-order valence-electron chi connectivity index (χ0n) is 20.8. The molecular weight excluding hydrogens is 468 g/mol. The van der Waals surface area contributed by atoms with E-state index in [0.717, 1.165) is 64.2 Å². The molecule has 3 heterocycles. The lowest BCUT2D eigenvalue weighted by atomic mass is 10.00. The number of ether oxygens (including phenoxy) is 1. The van der Waals surface area contributed by atoms with Crippen molar-refractivity contribution in [3.63, 3.8) is 0 Å². The number of para-hydroxylation sites is 1. The zero-order valence-corrected chi connectivity index (χ0v) is 21.6. The lowest BCUT2D eigenvalue weighted by Crippen LogP contribution is -2.58. The van der Waals surface area contributed by atoms with Crippen LogP contribution in [0.25, 0.3) is 22.2 Å². The van der Waals surface area contributed by atoms with Gasteiger partial charge in [-0.2, -0.15) is 0 Å². The zero-order chi connectivity index (χ0) is 25.1. The SMILES string of the molecule is COc1ccccc1-c1ccc(N2CCN(C(=S)Nc3cccc4ncccc34)C(C(C)C)C2)nn1. The van der Waals surface area contributed by atoms with Crippen LogP contribution in [0.15, 0.2) is 72.9 Å². The highest BCUT2D eigenvalue weighted by Gasteiger charge is 2.31. The van der Waals surface area contributed by atoms with Crippen molar-refractivity contribution in [3.05, 3.63) is 72.9 Å². The van der Waals surface area contributed by atoms with E-state index in [2.05, 4.69) is 56.3 Å². The van der Waals surface area contributed by atoms with E-state index in [1.54, 1.807) is 7.11 Å². The third-order valence-electron chi connectivity index (χ3n) is 6.69. The van der Waals surface area contributed by atoms with Crippen molar-refractivity contribution in [2.24, 2.45) is 5.92 Å². The molecule has 1 atom stereocenters. The van der Waals surface area contributed by atoms with Gasteiger partial charge in [-0.1, -0.05) is 32.0 Å². The molecule has 0 bridgehead atoms. The highest BCUT2D eigenvalue weighted by Crippen LogP contribution is 2.29. The van der Waals surface area contributed by atoms with E-state index in [9.17, 15) is 0 Å². The molecule has 2 aromatic carbocycles. The van der Waals surface area contributed by atoms with E-state index < -0.39 is 0 Å². The fraction of sp³-hybridized carbons (Fsp3) is 0.286. The Labute approximate surface area is 217 Å². The first-order valence-corrected chi connectivity index (χ1v) is 12.6. The number of fused-ring (bicyclic) bond motifs is 1. The Balaban J connectivity index is 1.31. The van der Waals surface area contributed by atoms with Crippen molar-refractivity contribution in [1.29, 1.82) is 0 Å². The molecule has 1 aliphatic rings. The first-order chi connectivity index (χ1) is 17.5. The molecule has 0 aliphatic carbocycles. The van der Waals surface area contributed by atoms with Gasteiger partial charge in [-0.25, -0.2) is 0 Å². The molecule has 8 heteroatoms. The van der Waals surface area contributed by atoms with Crippen molar-refractivity contribution in [2.45, 2.75) is 19.9 Å². The number of thiocarbonyl (C=S) groups is 1. The Morgan fingerprint density at radius 2 is 1.86 bits per heavy atom. The van der Waals surface area contributed by atoms with Crippen LogP contribution in [0.5, 0.6) is 5.75 Å². The van der Waals surface area contributed by atoms with Crippen LogP contribution >= 0.6 is 12.2 Å². The molecule has 1 N–H and O–H groups in total. The number of methoxy groups -OCH3 is 1. The minimum atomic E-state index is 0.238. The molecule has 0 saturated carbocycles. The Bertz CT molecular complexity index is 1350. The van der Waals surface area contributed by atoms with Gasteiger partial charge in [0, 0.05) is 42.5 Å². The summed E-state index contributed by atoms with van der Waals surface area (Å²) in [5.74, 6) is 2.07. The summed E-state index contributed by atoms with van der Waals surface area (Å²) in [6, 6.07) is 22.2. The van der Waals surface area contributed by atoms with Gasteiger partial charge in [-0.05, 0) is 66.7 Å².